The molecule has 4 nitrogen and oxygen atoms in total. The molecule has 1 heterocycles. The maximum atomic E-state index is 9.92. The van der Waals surface area contributed by atoms with E-state index in [0.29, 0.717) is 13.3 Å². The van der Waals surface area contributed by atoms with Gasteiger partial charge in [0.2, 0.25) is 6.79 Å². The molecule has 3 rings (SSSR count). The van der Waals surface area contributed by atoms with Crippen molar-refractivity contribution in [3.63, 3.8) is 0 Å². The summed E-state index contributed by atoms with van der Waals surface area (Å²) in [7, 11) is 0. The highest BCUT2D eigenvalue weighted by Gasteiger charge is 2.23. The molecule has 0 unspecified atom stereocenters. The molecule has 18 heavy (non-hydrogen) atoms. The molecular weight excluding hydrogens is 230 g/mol. The van der Waals surface area contributed by atoms with Gasteiger partial charge in [0.25, 0.3) is 0 Å². The average Bonchev–Trinajstić information content (AvgIpc) is 2.86. The molecule has 0 aromatic heterocycles. The molecule has 1 aromatic carbocycles. The molecule has 2 aliphatic rings. The molecule has 0 bridgehead atoms. The lowest BCUT2D eigenvalue weighted by atomic mass is 9.92. The minimum Gasteiger partial charge on any atom is -0.454 e. The van der Waals surface area contributed by atoms with Crippen LogP contribution in [0.2, 0.25) is 0 Å². The Labute approximate surface area is 107 Å². The second-order valence-corrected chi connectivity index (χ2v) is 4.99. The van der Waals surface area contributed by atoms with Crippen LogP contribution in [-0.2, 0) is 6.54 Å². The fourth-order valence-electron chi connectivity index (χ4n) is 2.72. The minimum absolute atomic E-state index is 0.205. The molecule has 2 atom stereocenters. The Morgan fingerprint density at radius 1 is 1.22 bits per heavy atom. The summed E-state index contributed by atoms with van der Waals surface area (Å²) in [4.78, 5) is 0. The first-order valence-corrected chi connectivity index (χ1v) is 6.63. The lowest BCUT2D eigenvalue weighted by Gasteiger charge is -2.28. The van der Waals surface area contributed by atoms with E-state index in [-0.39, 0.29) is 12.1 Å². The van der Waals surface area contributed by atoms with Gasteiger partial charge >= 0.3 is 0 Å². The van der Waals surface area contributed by atoms with Crippen LogP contribution in [0.1, 0.15) is 31.2 Å². The monoisotopic (exact) mass is 249 g/mol. The molecule has 1 aromatic rings. The summed E-state index contributed by atoms with van der Waals surface area (Å²) in [6.45, 7) is 1.02. The highest BCUT2D eigenvalue weighted by molar-refractivity contribution is 5.48. The van der Waals surface area contributed by atoms with Gasteiger partial charge in [0, 0.05) is 18.2 Å². The Balaban J connectivity index is 1.65. The van der Waals surface area contributed by atoms with Crippen LogP contribution in [0, 0.1) is 0 Å². The summed E-state index contributed by atoms with van der Waals surface area (Å²) in [6.07, 6.45) is 4.07. The molecule has 1 aliphatic heterocycles. The highest BCUT2D eigenvalue weighted by Crippen LogP contribution is 2.35. The third-order valence-electron chi connectivity index (χ3n) is 3.76. The zero-order valence-electron chi connectivity index (χ0n) is 10.4. The number of hydrogen-bond acceptors (Lipinski definition) is 4. The molecule has 1 fully saturated rings. The Kier molecular flexibility index (Phi) is 3.39. The van der Waals surface area contributed by atoms with E-state index < -0.39 is 0 Å². The third kappa shape index (κ3) is 2.31. The lowest BCUT2D eigenvalue weighted by Crippen LogP contribution is -2.41. The molecule has 0 saturated heterocycles. The van der Waals surface area contributed by atoms with Crippen molar-refractivity contribution < 1.29 is 14.6 Å². The number of nitrogens with one attached hydrogen (secondary N) is 1. The maximum Gasteiger partial charge on any atom is 0.231 e. The van der Waals surface area contributed by atoms with Crippen LogP contribution in [0.15, 0.2) is 18.2 Å². The molecule has 1 saturated carbocycles. The van der Waals surface area contributed by atoms with E-state index in [9.17, 15) is 5.11 Å². The minimum atomic E-state index is -0.215. The molecule has 0 radical (unpaired) electrons. The number of hydrogen-bond donors (Lipinski definition) is 2. The summed E-state index contributed by atoms with van der Waals surface area (Å²) in [6, 6.07) is 6.13. The van der Waals surface area contributed by atoms with Gasteiger partial charge in [-0.05, 0) is 18.9 Å². The standard InChI is InChI=1S/C14H19NO3/c16-12-6-2-1-5-11(12)15-8-10-4-3-7-13-14(10)18-9-17-13/h3-4,7,11-12,15-16H,1-2,5-6,8-9H2/t11-,12+/m1/s1. The van der Waals surface area contributed by atoms with Gasteiger partial charge in [-0.2, -0.15) is 0 Å². The van der Waals surface area contributed by atoms with Crippen molar-refractivity contribution in [1.82, 2.24) is 5.32 Å². The van der Waals surface area contributed by atoms with Gasteiger partial charge in [-0.1, -0.05) is 25.0 Å². The normalized spacial score (nSPS) is 26.3. The van der Waals surface area contributed by atoms with Gasteiger partial charge < -0.3 is 19.9 Å². The van der Waals surface area contributed by atoms with Gasteiger partial charge in [-0.25, -0.2) is 0 Å². The second-order valence-electron chi connectivity index (χ2n) is 4.99. The van der Waals surface area contributed by atoms with E-state index in [0.717, 1.165) is 36.3 Å². The SMILES string of the molecule is O[C@H]1CCCC[C@H]1NCc1cccc2c1OCO2. The zero-order chi connectivity index (χ0) is 12.4. The van der Waals surface area contributed by atoms with Crippen molar-refractivity contribution in [2.24, 2.45) is 0 Å². The van der Waals surface area contributed by atoms with Gasteiger partial charge in [-0.15, -0.1) is 0 Å². The number of rotatable bonds is 3. The van der Waals surface area contributed by atoms with E-state index >= 15 is 0 Å². The topological polar surface area (TPSA) is 50.7 Å². The van der Waals surface area contributed by atoms with Gasteiger partial charge in [0.1, 0.15) is 0 Å². The number of para-hydroxylation sites is 1. The highest BCUT2D eigenvalue weighted by atomic mass is 16.7. The number of aliphatic hydroxyl groups excluding tert-OH is 1. The van der Waals surface area contributed by atoms with Crippen LogP contribution < -0.4 is 14.8 Å². The first kappa shape index (κ1) is 11.8. The Bertz CT molecular complexity index is 422. The van der Waals surface area contributed by atoms with Gasteiger partial charge in [-0.3, -0.25) is 0 Å². The number of ether oxygens (including phenoxy) is 2. The summed E-state index contributed by atoms with van der Waals surface area (Å²) >= 11 is 0. The van der Waals surface area contributed by atoms with Gasteiger partial charge in [0.15, 0.2) is 11.5 Å². The van der Waals surface area contributed by atoms with E-state index in [1.807, 2.05) is 18.2 Å². The predicted octanol–water partition coefficient (Wildman–Crippen LogP) is 1.81. The maximum absolute atomic E-state index is 9.92. The molecular formula is C14H19NO3. The van der Waals surface area contributed by atoms with E-state index in [4.69, 9.17) is 9.47 Å². The van der Waals surface area contributed by atoms with Crippen molar-refractivity contribution in [3.8, 4) is 11.5 Å². The Hall–Kier alpha value is -1.26. The van der Waals surface area contributed by atoms with Crippen molar-refractivity contribution >= 4 is 0 Å². The molecule has 98 valence electrons. The summed E-state index contributed by atoms with van der Waals surface area (Å²) in [5.74, 6) is 1.66. The molecule has 0 amide bonds. The smallest absolute Gasteiger partial charge is 0.231 e. The fourth-order valence-corrected chi connectivity index (χ4v) is 2.72. The van der Waals surface area contributed by atoms with Crippen LogP contribution in [0.25, 0.3) is 0 Å². The van der Waals surface area contributed by atoms with E-state index in [2.05, 4.69) is 5.32 Å². The van der Waals surface area contributed by atoms with Crippen LogP contribution in [0.5, 0.6) is 11.5 Å². The number of benzene rings is 1. The van der Waals surface area contributed by atoms with Crippen molar-refractivity contribution in [1.29, 1.82) is 0 Å². The van der Waals surface area contributed by atoms with E-state index in [1.165, 1.54) is 6.42 Å². The summed E-state index contributed by atoms with van der Waals surface area (Å²) in [5.41, 5.74) is 1.10. The Morgan fingerprint density at radius 3 is 3.00 bits per heavy atom. The zero-order valence-corrected chi connectivity index (χ0v) is 10.4. The van der Waals surface area contributed by atoms with Crippen molar-refractivity contribution in [2.45, 2.75) is 44.4 Å². The quantitative estimate of drug-likeness (QED) is 0.857. The predicted molar refractivity (Wildman–Crippen MR) is 67.7 cm³/mol. The molecule has 4 heteroatoms. The number of aliphatic hydroxyl groups is 1. The number of fused-ring (bicyclic) bond motifs is 1. The molecule has 2 N–H and O–H groups in total. The summed E-state index contributed by atoms with van der Waals surface area (Å²) < 4.78 is 10.8. The Morgan fingerprint density at radius 2 is 2.11 bits per heavy atom. The average molecular weight is 249 g/mol. The third-order valence-corrected chi connectivity index (χ3v) is 3.76. The lowest BCUT2D eigenvalue weighted by molar-refractivity contribution is 0.0900. The van der Waals surface area contributed by atoms with Crippen LogP contribution in [0.4, 0.5) is 0 Å². The largest absolute Gasteiger partial charge is 0.454 e. The fraction of sp³-hybridized carbons (Fsp3) is 0.571. The van der Waals surface area contributed by atoms with Crippen LogP contribution in [-0.4, -0.2) is 24.0 Å². The van der Waals surface area contributed by atoms with E-state index in [1.54, 1.807) is 0 Å². The van der Waals surface area contributed by atoms with Crippen molar-refractivity contribution in [3.05, 3.63) is 23.8 Å². The molecule has 1 aliphatic carbocycles. The van der Waals surface area contributed by atoms with Crippen molar-refractivity contribution in [2.75, 3.05) is 6.79 Å². The van der Waals surface area contributed by atoms with Crippen LogP contribution in [0.3, 0.4) is 0 Å². The molecule has 0 spiro atoms. The first-order chi connectivity index (χ1) is 8.84. The van der Waals surface area contributed by atoms with Gasteiger partial charge in [0.05, 0.1) is 6.10 Å². The second kappa shape index (κ2) is 5.16. The van der Waals surface area contributed by atoms with Crippen LogP contribution >= 0.6 is 0 Å². The summed E-state index contributed by atoms with van der Waals surface area (Å²) in [5, 5.41) is 13.4. The first-order valence-electron chi connectivity index (χ1n) is 6.63.